The molecule has 0 rings (SSSR count). The van der Waals surface area contributed by atoms with Crippen molar-refractivity contribution in [3.8, 4) is 0 Å². The van der Waals surface area contributed by atoms with E-state index >= 15 is 0 Å². The first-order valence-electron chi connectivity index (χ1n) is 1.75. The van der Waals surface area contributed by atoms with E-state index in [4.69, 9.17) is 24.4 Å². The maximum atomic E-state index is 8.55. The van der Waals surface area contributed by atoms with Crippen LogP contribution in [-0.2, 0) is 4.57 Å². The van der Waals surface area contributed by atoms with Crippen molar-refractivity contribution in [1.29, 1.82) is 0 Å². The molecule has 0 aliphatic heterocycles. The van der Waals surface area contributed by atoms with Gasteiger partial charge in [-0.2, -0.15) is 7.82 Å². The molecule has 0 atom stereocenters. The summed E-state index contributed by atoms with van der Waals surface area (Å²) in [5, 5.41) is 7.57. The maximum Gasteiger partial charge on any atom is 1.00 e. The van der Waals surface area contributed by atoms with Gasteiger partial charge in [0.2, 0.25) is 0 Å². The molecular formula is C2H6KO5P-2. The number of phosphoric acid groups is 1. The van der Waals surface area contributed by atoms with Gasteiger partial charge in [-0.25, -0.2) is 0 Å². The Bertz CT molecular complexity index is 70.8. The van der Waals surface area contributed by atoms with E-state index in [-0.39, 0.29) is 58.0 Å². The zero-order valence-corrected chi connectivity index (χ0v) is 9.25. The Morgan fingerprint density at radius 2 is 1.44 bits per heavy atom. The van der Waals surface area contributed by atoms with Crippen molar-refractivity contribution >= 4 is 7.82 Å². The predicted octanol–water partition coefficient (Wildman–Crippen LogP) is -5.82. The van der Waals surface area contributed by atoms with Gasteiger partial charge in [-0.3, -0.25) is 0 Å². The third-order valence-corrected chi connectivity index (χ3v) is 0. The molecule has 0 aromatic rings. The molecule has 0 saturated heterocycles. The molecule has 7 heteroatoms. The average molecular weight is 180 g/mol. The Morgan fingerprint density at radius 3 is 1.44 bits per heavy atom. The van der Waals surface area contributed by atoms with Crippen molar-refractivity contribution in [1.82, 2.24) is 0 Å². The Kier molecular flexibility index (Phi) is 18.3. The van der Waals surface area contributed by atoms with E-state index in [9.17, 15) is 0 Å². The number of hydrogen-bond acceptors (Lipinski definition) is 5. The fourth-order valence-corrected chi connectivity index (χ4v) is 0. The molecule has 0 saturated carbocycles. The minimum absolute atomic E-state index is 0. The standard InChI is InChI=1S/C2H6O.K.H3O4P/c1-2-3;;1-5(2,3)4/h3H,2H2,1H3;;(H3,1,2,3,4)/q;+1;/p-3. The number of aliphatic hydroxyl groups is 1. The summed E-state index contributed by atoms with van der Waals surface area (Å²) in [5.41, 5.74) is 0. The van der Waals surface area contributed by atoms with Crippen LogP contribution in [0, 0.1) is 0 Å². The predicted molar refractivity (Wildman–Crippen MR) is 20.4 cm³/mol. The van der Waals surface area contributed by atoms with E-state index in [0.717, 1.165) is 0 Å². The molecular weight excluding hydrogens is 174 g/mol. The Balaban J connectivity index is -0.0000000800. The monoisotopic (exact) mass is 180 g/mol. The van der Waals surface area contributed by atoms with Crippen LogP contribution in [0.15, 0.2) is 0 Å². The first-order valence-corrected chi connectivity index (χ1v) is 3.21. The average Bonchev–Trinajstić information content (AvgIpc) is 1.27. The van der Waals surface area contributed by atoms with Crippen molar-refractivity contribution < 1.29 is 75.7 Å². The summed E-state index contributed by atoms with van der Waals surface area (Å²) < 4.78 is 8.55. The van der Waals surface area contributed by atoms with E-state index in [2.05, 4.69) is 0 Å². The summed E-state index contributed by atoms with van der Waals surface area (Å²) in [6, 6.07) is 0. The van der Waals surface area contributed by atoms with Gasteiger partial charge in [-0.15, -0.1) is 0 Å². The van der Waals surface area contributed by atoms with Gasteiger partial charge in [-0.1, -0.05) is 0 Å². The van der Waals surface area contributed by atoms with Crippen molar-refractivity contribution in [3.63, 3.8) is 0 Å². The number of hydrogen-bond donors (Lipinski definition) is 1. The van der Waals surface area contributed by atoms with Gasteiger partial charge in [-0.05, 0) is 6.92 Å². The van der Waals surface area contributed by atoms with Gasteiger partial charge in [0, 0.05) is 6.61 Å². The summed E-state index contributed by atoms with van der Waals surface area (Å²) in [7, 11) is -5.39. The van der Waals surface area contributed by atoms with Crippen LogP contribution in [0.4, 0.5) is 0 Å². The zero-order valence-electron chi connectivity index (χ0n) is 5.23. The second-order valence-corrected chi connectivity index (χ2v) is 1.66. The molecule has 0 aliphatic carbocycles. The molecule has 0 radical (unpaired) electrons. The molecule has 0 aliphatic rings. The van der Waals surface area contributed by atoms with Gasteiger partial charge in [0.15, 0.2) is 0 Å². The van der Waals surface area contributed by atoms with Crippen LogP contribution < -0.4 is 66.1 Å². The summed E-state index contributed by atoms with van der Waals surface area (Å²) >= 11 is 0. The smallest absolute Gasteiger partial charge is 0.822 e. The first-order chi connectivity index (χ1) is 3.41. The third-order valence-electron chi connectivity index (χ3n) is 0. The minimum Gasteiger partial charge on any atom is -0.822 e. The Morgan fingerprint density at radius 1 is 1.44 bits per heavy atom. The molecule has 52 valence electrons. The van der Waals surface area contributed by atoms with Crippen LogP contribution in [-0.4, -0.2) is 11.7 Å². The Hall–Kier alpha value is 1.71. The summed E-state index contributed by atoms with van der Waals surface area (Å²) in [4.78, 5) is 25.6. The summed E-state index contributed by atoms with van der Waals surface area (Å²) in [5.74, 6) is 0. The molecule has 0 spiro atoms. The first kappa shape index (κ1) is 17.0. The van der Waals surface area contributed by atoms with Gasteiger partial charge >= 0.3 is 51.4 Å². The van der Waals surface area contributed by atoms with E-state index in [1.165, 1.54) is 0 Å². The maximum absolute atomic E-state index is 8.55. The van der Waals surface area contributed by atoms with E-state index in [1.807, 2.05) is 0 Å². The fourth-order valence-electron chi connectivity index (χ4n) is 0. The van der Waals surface area contributed by atoms with Crippen molar-refractivity contribution in [2.75, 3.05) is 6.61 Å². The molecule has 1 N–H and O–H groups in total. The van der Waals surface area contributed by atoms with Gasteiger partial charge < -0.3 is 24.4 Å². The summed E-state index contributed by atoms with van der Waals surface area (Å²) in [6.07, 6.45) is 0. The van der Waals surface area contributed by atoms with Crippen LogP contribution in [0.3, 0.4) is 0 Å². The molecule has 9 heavy (non-hydrogen) atoms. The largest absolute Gasteiger partial charge is 1.00 e. The van der Waals surface area contributed by atoms with E-state index in [0.29, 0.717) is 0 Å². The SMILES string of the molecule is CCO.O=P([O-])([O-])[O-].[K+]. The van der Waals surface area contributed by atoms with Crippen LogP contribution >= 0.6 is 7.82 Å². The zero-order chi connectivity index (χ0) is 7.21. The topological polar surface area (TPSA) is 106 Å². The Labute approximate surface area is 95.8 Å². The van der Waals surface area contributed by atoms with E-state index in [1.54, 1.807) is 6.92 Å². The van der Waals surface area contributed by atoms with Crippen molar-refractivity contribution in [2.24, 2.45) is 0 Å². The summed E-state index contributed by atoms with van der Waals surface area (Å²) in [6.45, 7) is 1.93. The minimum atomic E-state index is -5.39. The fraction of sp³-hybridized carbons (Fsp3) is 1.00. The van der Waals surface area contributed by atoms with Gasteiger partial charge in [0.05, 0.1) is 0 Å². The molecule has 0 bridgehead atoms. The molecule has 0 amide bonds. The second kappa shape index (κ2) is 9.71. The van der Waals surface area contributed by atoms with Crippen LogP contribution in [0.25, 0.3) is 0 Å². The number of aliphatic hydroxyl groups excluding tert-OH is 1. The second-order valence-electron chi connectivity index (χ2n) is 0.763. The van der Waals surface area contributed by atoms with Crippen LogP contribution in [0.1, 0.15) is 6.92 Å². The molecule has 0 heterocycles. The molecule has 0 unspecified atom stereocenters. The van der Waals surface area contributed by atoms with Crippen LogP contribution in [0.5, 0.6) is 0 Å². The molecule has 0 fully saturated rings. The molecule has 0 aromatic carbocycles. The molecule has 0 aromatic heterocycles. The third kappa shape index (κ3) is 198. The van der Waals surface area contributed by atoms with Crippen molar-refractivity contribution in [3.05, 3.63) is 0 Å². The van der Waals surface area contributed by atoms with Crippen LogP contribution in [0.2, 0.25) is 0 Å². The quantitative estimate of drug-likeness (QED) is 0.295. The van der Waals surface area contributed by atoms with Gasteiger partial charge in [0.1, 0.15) is 0 Å². The van der Waals surface area contributed by atoms with Gasteiger partial charge in [0.25, 0.3) is 0 Å². The number of rotatable bonds is 0. The normalized spacial score (nSPS) is 8.56. The van der Waals surface area contributed by atoms with Crippen molar-refractivity contribution in [2.45, 2.75) is 6.92 Å². The molecule has 5 nitrogen and oxygen atoms in total. The van der Waals surface area contributed by atoms with E-state index < -0.39 is 7.82 Å².